The molecule has 5 nitrogen and oxygen atoms in total. The summed E-state index contributed by atoms with van der Waals surface area (Å²) >= 11 is 7.37. The lowest BCUT2D eigenvalue weighted by atomic mass is 9.93. The zero-order valence-electron chi connectivity index (χ0n) is 17.5. The van der Waals surface area contributed by atoms with E-state index in [0.29, 0.717) is 34.1 Å². The number of anilines is 1. The number of rotatable bonds is 5. The highest BCUT2D eigenvalue weighted by Gasteiger charge is 2.28. The van der Waals surface area contributed by atoms with Crippen molar-refractivity contribution in [2.45, 2.75) is 18.9 Å². The quantitative estimate of drug-likeness (QED) is 0.355. The maximum Gasteiger partial charge on any atom is 0.339 e. The number of hydrogen-bond donors (Lipinski definition) is 1. The number of aromatic nitrogens is 1. The Balaban J connectivity index is 1.30. The minimum atomic E-state index is -0.371. The molecule has 0 spiro atoms. The number of nitrogens with one attached hydrogen (secondary N) is 1. The van der Waals surface area contributed by atoms with Gasteiger partial charge in [-0.25, -0.2) is 9.78 Å². The molecule has 0 bridgehead atoms. The van der Waals surface area contributed by atoms with Crippen molar-refractivity contribution >= 4 is 39.9 Å². The summed E-state index contributed by atoms with van der Waals surface area (Å²) in [5.74, 6) is -0.635. The average Bonchev–Trinajstić information content (AvgIpc) is 3.27. The number of hydrogen-bond acceptors (Lipinski definition) is 5. The molecule has 0 saturated heterocycles. The van der Waals surface area contributed by atoms with Crippen LogP contribution in [0.2, 0.25) is 5.02 Å². The van der Waals surface area contributed by atoms with E-state index in [1.54, 1.807) is 24.4 Å². The van der Waals surface area contributed by atoms with Crippen LogP contribution in [0.3, 0.4) is 0 Å². The summed E-state index contributed by atoms with van der Waals surface area (Å²) in [6, 6.07) is 22.3. The second-order valence-electron chi connectivity index (χ2n) is 7.77. The first kappa shape index (κ1) is 21.4. The lowest BCUT2D eigenvalue weighted by Gasteiger charge is -2.25. The van der Waals surface area contributed by atoms with Crippen molar-refractivity contribution in [1.82, 2.24) is 4.98 Å². The molecule has 1 N–H and O–H groups in total. The molecule has 164 valence electrons. The standard InChI is InChI=1S/C26H19ClN2O3S/c27-20-9-6-16(7-10-20)12-21-15-28-26(33-21)29-24(30)18-8-11-22-19(13-18)14-23(32-25(22)31)17-4-2-1-3-5-17/h1-11,13,15,23H,12,14H2,(H,28,29,30)/t23-/m0/s1. The Bertz CT molecular complexity index is 1320. The summed E-state index contributed by atoms with van der Waals surface area (Å²) in [4.78, 5) is 30.7. The molecule has 5 rings (SSSR count). The van der Waals surface area contributed by atoms with E-state index in [1.807, 2.05) is 54.6 Å². The third-order valence-electron chi connectivity index (χ3n) is 5.48. The van der Waals surface area contributed by atoms with Gasteiger partial charge in [0.25, 0.3) is 5.91 Å². The molecule has 0 aliphatic carbocycles. The number of carbonyl (C=O) groups excluding carboxylic acids is 2. The number of ether oxygens (including phenoxy) is 1. The molecular formula is C26H19ClN2O3S. The first-order chi connectivity index (χ1) is 16.0. The molecule has 2 heterocycles. The summed E-state index contributed by atoms with van der Waals surface area (Å²) in [5.41, 5.74) is 3.83. The second-order valence-corrected chi connectivity index (χ2v) is 9.32. The van der Waals surface area contributed by atoms with E-state index in [9.17, 15) is 9.59 Å². The lowest BCUT2D eigenvalue weighted by molar-refractivity contribution is 0.0252. The van der Waals surface area contributed by atoms with Crippen LogP contribution in [0.25, 0.3) is 0 Å². The molecule has 4 aromatic rings. The van der Waals surface area contributed by atoms with Crippen LogP contribution in [0.15, 0.2) is 79.0 Å². The van der Waals surface area contributed by atoms with Crippen molar-refractivity contribution in [3.8, 4) is 0 Å². The average molecular weight is 475 g/mol. The van der Waals surface area contributed by atoms with Gasteiger partial charge in [0, 0.05) is 34.5 Å². The normalized spacial score (nSPS) is 14.9. The highest BCUT2D eigenvalue weighted by Crippen LogP contribution is 2.31. The van der Waals surface area contributed by atoms with Crippen LogP contribution < -0.4 is 5.32 Å². The molecule has 0 fully saturated rings. The number of nitrogens with zero attached hydrogens (tertiary/aromatic N) is 1. The minimum absolute atomic E-state index is 0.264. The minimum Gasteiger partial charge on any atom is -0.454 e. The molecule has 0 unspecified atom stereocenters. The fourth-order valence-corrected chi connectivity index (χ4v) is 4.78. The van der Waals surface area contributed by atoms with Gasteiger partial charge in [0.05, 0.1) is 5.56 Å². The van der Waals surface area contributed by atoms with E-state index in [1.165, 1.54) is 11.3 Å². The molecule has 3 aromatic carbocycles. The topological polar surface area (TPSA) is 68.3 Å². The van der Waals surface area contributed by atoms with Crippen molar-refractivity contribution < 1.29 is 14.3 Å². The number of cyclic esters (lactones) is 1. The maximum absolute atomic E-state index is 12.9. The first-order valence-electron chi connectivity index (χ1n) is 10.4. The monoisotopic (exact) mass is 474 g/mol. The van der Waals surface area contributed by atoms with E-state index >= 15 is 0 Å². The van der Waals surface area contributed by atoms with Gasteiger partial charge >= 0.3 is 5.97 Å². The molecule has 1 aliphatic heterocycles. The van der Waals surface area contributed by atoms with Gasteiger partial charge in [0.2, 0.25) is 0 Å². The van der Waals surface area contributed by atoms with Crippen molar-refractivity contribution in [2.75, 3.05) is 5.32 Å². The molecule has 0 saturated carbocycles. The van der Waals surface area contributed by atoms with Crippen LogP contribution in [0.1, 0.15) is 48.4 Å². The van der Waals surface area contributed by atoms with Crippen LogP contribution >= 0.6 is 22.9 Å². The molecular weight excluding hydrogens is 456 g/mol. The van der Waals surface area contributed by atoms with Crippen LogP contribution in [-0.2, 0) is 17.6 Å². The number of halogens is 1. The summed E-state index contributed by atoms with van der Waals surface area (Å²) in [6.07, 6.45) is 2.64. The summed E-state index contributed by atoms with van der Waals surface area (Å²) in [6.45, 7) is 0. The van der Waals surface area contributed by atoms with Gasteiger partial charge in [-0.15, -0.1) is 11.3 Å². The smallest absolute Gasteiger partial charge is 0.339 e. The maximum atomic E-state index is 12.9. The lowest BCUT2D eigenvalue weighted by Crippen LogP contribution is -2.23. The van der Waals surface area contributed by atoms with Gasteiger partial charge in [-0.3, -0.25) is 10.1 Å². The highest BCUT2D eigenvalue weighted by molar-refractivity contribution is 7.15. The molecule has 7 heteroatoms. The zero-order valence-corrected chi connectivity index (χ0v) is 19.0. The highest BCUT2D eigenvalue weighted by atomic mass is 35.5. The first-order valence-corrected chi connectivity index (χ1v) is 11.6. The predicted octanol–water partition coefficient (Wildman–Crippen LogP) is 6.09. The predicted molar refractivity (Wildman–Crippen MR) is 129 cm³/mol. The number of carbonyl (C=O) groups is 2. The van der Waals surface area contributed by atoms with Gasteiger partial charge in [-0.05, 0) is 47.0 Å². The second kappa shape index (κ2) is 9.17. The van der Waals surface area contributed by atoms with Gasteiger partial charge in [-0.1, -0.05) is 54.1 Å². The molecule has 1 aliphatic rings. The van der Waals surface area contributed by atoms with E-state index in [4.69, 9.17) is 16.3 Å². The van der Waals surface area contributed by atoms with E-state index in [-0.39, 0.29) is 18.0 Å². The van der Waals surface area contributed by atoms with Gasteiger partial charge < -0.3 is 4.74 Å². The Morgan fingerprint density at radius 1 is 1.09 bits per heavy atom. The van der Waals surface area contributed by atoms with Gasteiger partial charge in [0.15, 0.2) is 5.13 Å². The largest absolute Gasteiger partial charge is 0.454 e. The Hall–Kier alpha value is -3.48. The van der Waals surface area contributed by atoms with Crippen molar-refractivity contribution in [3.05, 3.63) is 117 Å². The van der Waals surface area contributed by atoms with E-state index in [2.05, 4.69) is 10.3 Å². The molecule has 1 aromatic heterocycles. The Kier molecular flexibility index (Phi) is 5.94. The third kappa shape index (κ3) is 4.82. The SMILES string of the molecule is O=C(Nc1ncc(Cc2ccc(Cl)cc2)s1)c1ccc2c(c1)C[C@@H](c1ccccc1)OC2=O. The molecule has 0 radical (unpaired) electrons. The Morgan fingerprint density at radius 2 is 1.88 bits per heavy atom. The van der Waals surface area contributed by atoms with Crippen LogP contribution in [-0.4, -0.2) is 16.9 Å². The number of thiazole rings is 1. The van der Waals surface area contributed by atoms with Crippen LogP contribution in [0, 0.1) is 0 Å². The fourth-order valence-electron chi connectivity index (χ4n) is 3.81. The number of esters is 1. The van der Waals surface area contributed by atoms with E-state index < -0.39 is 0 Å². The third-order valence-corrected chi connectivity index (χ3v) is 6.64. The van der Waals surface area contributed by atoms with Crippen molar-refractivity contribution in [1.29, 1.82) is 0 Å². The molecule has 1 amide bonds. The zero-order chi connectivity index (χ0) is 22.8. The van der Waals surface area contributed by atoms with Crippen LogP contribution in [0.5, 0.6) is 0 Å². The van der Waals surface area contributed by atoms with Crippen molar-refractivity contribution in [2.24, 2.45) is 0 Å². The van der Waals surface area contributed by atoms with Gasteiger partial charge in [0.1, 0.15) is 6.10 Å². The van der Waals surface area contributed by atoms with Crippen LogP contribution in [0.4, 0.5) is 5.13 Å². The summed E-state index contributed by atoms with van der Waals surface area (Å²) in [5, 5.41) is 4.09. The summed E-state index contributed by atoms with van der Waals surface area (Å²) in [7, 11) is 0. The number of amides is 1. The molecule has 33 heavy (non-hydrogen) atoms. The summed E-state index contributed by atoms with van der Waals surface area (Å²) < 4.78 is 5.60. The van der Waals surface area contributed by atoms with Gasteiger partial charge in [-0.2, -0.15) is 0 Å². The molecule has 1 atom stereocenters. The Morgan fingerprint density at radius 3 is 2.67 bits per heavy atom. The fraction of sp³-hybridized carbons (Fsp3) is 0.115. The number of fused-ring (bicyclic) bond motifs is 1. The Labute approximate surface area is 200 Å². The number of benzene rings is 3. The van der Waals surface area contributed by atoms with Crippen molar-refractivity contribution in [3.63, 3.8) is 0 Å². The van der Waals surface area contributed by atoms with E-state index in [0.717, 1.165) is 21.6 Å².